The van der Waals surface area contributed by atoms with Crippen molar-refractivity contribution in [2.45, 2.75) is 6.42 Å². The van der Waals surface area contributed by atoms with Gasteiger partial charge in [0.1, 0.15) is 5.82 Å². The molecule has 0 saturated carbocycles. The molecule has 0 aliphatic rings. The number of nitrogens with zero attached hydrogens (tertiary/aromatic N) is 1. The topological polar surface area (TPSA) is 63.4 Å². The molecule has 4 nitrogen and oxygen atoms in total. The predicted octanol–water partition coefficient (Wildman–Crippen LogP) is 0.940. The fourth-order valence-electron chi connectivity index (χ4n) is 1.33. The van der Waals surface area contributed by atoms with Gasteiger partial charge in [0.15, 0.2) is 0 Å². The van der Waals surface area contributed by atoms with Crippen LogP contribution in [0, 0.1) is 5.82 Å². The van der Waals surface area contributed by atoms with Gasteiger partial charge >= 0.3 is 0 Å². The van der Waals surface area contributed by atoms with Gasteiger partial charge in [-0.25, -0.2) is 12.8 Å². The average molecular weight is 246 g/mol. The molecule has 0 spiro atoms. The van der Waals surface area contributed by atoms with Crippen LogP contribution in [0.15, 0.2) is 24.3 Å². The van der Waals surface area contributed by atoms with E-state index in [1.165, 1.54) is 28.6 Å². The number of hydrogen-bond donors (Lipinski definition) is 1. The molecule has 0 aliphatic carbocycles. The summed E-state index contributed by atoms with van der Waals surface area (Å²) < 4.78 is 37.0. The van der Waals surface area contributed by atoms with Crippen LogP contribution >= 0.6 is 0 Å². The van der Waals surface area contributed by atoms with Crippen molar-refractivity contribution in [2.24, 2.45) is 5.73 Å². The van der Waals surface area contributed by atoms with Crippen molar-refractivity contribution < 1.29 is 12.8 Å². The van der Waals surface area contributed by atoms with Crippen LogP contribution in [0.4, 0.5) is 10.1 Å². The molecule has 16 heavy (non-hydrogen) atoms. The van der Waals surface area contributed by atoms with Crippen molar-refractivity contribution in [2.75, 3.05) is 23.7 Å². The zero-order chi connectivity index (χ0) is 12.2. The van der Waals surface area contributed by atoms with E-state index in [0.717, 1.165) is 6.26 Å². The van der Waals surface area contributed by atoms with E-state index in [0.29, 0.717) is 25.2 Å². The van der Waals surface area contributed by atoms with Crippen LogP contribution in [-0.4, -0.2) is 27.8 Å². The van der Waals surface area contributed by atoms with Crippen LogP contribution < -0.4 is 10.0 Å². The third kappa shape index (κ3) is 3.46. The van der Waals surface area contributed by atoms with E-state index in [9.17, 15) is 12.8 Å². The Morgan fingerprint density at radius 1 is 1.31 bits per heavy atom. The van der Waals surface area contributed by atoms with Crippen LogP contribution in [0.1, 0.15) is 6.42 Å². The molecule has 90 valence electrons. The smallest absolute Gasteiger partial charge is 0.232 e. The maximum Gasteiger partial charge on any atom is 0.232 e. The Hall–Kier alpha value is -1.14. The summed E-state index contributed by atoms with van der Waals surface area (Å²) in [5.74, 6) is -0.393. The quantitative estimate of drug-likeness (QED) is 0.841. The first-order valence-electron chi connectivity index (χ1n) is 4.88. The molecule has 0 radical (unpaired) electrons. The minimum Gasteiger partial charge on any atom is -0.330 e. The van der Waals surface area contributed by atoms with Gasteiger partial charge in [0.25, 0.3) is 0 Å². The molecular weight excluding hydrogens is 231 g/mol. The van der Waals surface area contributed by atoms with Gasteiger partial charge in [0.05, 0.1) is 11.9 Å². The first kappa shape index (κ1) is 12.9. The number of benzene rings is 1. The average Bonchev–Trinajstić information content (AvgIpc) is 2.19. The molecule has 0 aromatic heterocycles. The molecule has 0 saturated heterocycles. The molecule has 1 rings (SSSR count). The second-order valence-corrected chi connectivity index (χ2v) is 5.36. The molecule has 0 atom stereocenters. The molecule has 0 fully saturated rings. The summed E-state index contributed by atoms with van der Waals surface area (Å²) in [6.45, 7) is 0.716. The molecule has 0 unspecified atom stereocenters. The minimum absolute atomic E-state index is 0.307. The zero-order valence-corrected chi connectivity index (χ0v) is 9.87. The van der Waals surface area contributed by atoms with Crippen LogP contribution in [0.25, 0.3) is 0 Å². The molecule has 0 heterocycles. The van der Waals surface area contributed by atoms with Crippen molar-refractivity contribution >= 4 is 15.7 Å². The highest BCUT2D eigenvalue weighted by atomic mass is 32.2. The second-order valence-electron chi connectivity index (χ2n) is 3.45. The molecule has 6 heteroatoms. The lowest BCUT2D eigenvalue weighted by Crippen LogP contribution is -2.31. The van der Waals surface area contributed by atoms with Crippen LogP contribution in [0.3, 0.4) is 0 Å². The number of rotatable bonds is 5. The third-order valence-corrected chi connectivity index (χ3v) is 3.27. The Morgan fingerprint density at radius 3 is 2.31 bits per heavy atom. The summed E-state index contributed by atoms with van der Waals surface area (Å²) in [5.41, 5.74) is 5.80. The number of anilines is 1. The Balaban J connectivity index is 2.97. The van der Waals surface area contributed by atoms with Crippen LogP contribution in [0.2, 0.25) is 0 Å². The molecule has 1 aromatic carbocycles. The second kappa shape index (κ2) is 5.27. The Labute approximate surface area is 94.9 Å². The van der Waals surface area contributed by atoms with E-state index < -0.39 is 15.8 Å². The minimum atomic E-state index is -3.35. The van der Waals surface area contributed by atoms with E-state index in [-0.39, 0.29) is 0 Å². The summed E-state index contributed by atoms with van der Waals surface area (Å²) in [5, 5.41) is 0. The van der Waals surface area contributed by atoms with Crippen molar-refractivity contribution in [3.63, 3.8) is 0 Å². The van der Waals surface area contributed by atoms with Gasteiger partial charge in [0.2, 0.25) is 10.0 Å². The lowest BCUT2D eigenvalue weighted by Gasteiger charge is -2.21. The van der Waals surface area contributed by atoms with Gasteiger partial charge < -0.3 is 5.73 Å². The molecule has 1 aromatic rings. The number of hydrogen-bond acceptors (Lipinski definition) is 3. The highest BCUT2D eigenvalue weighted by Gasteiger charge is 2.16. The van der Waals surface area contributed by atoms with E-state index in [4.69, 9.17) is 5.73 Å². The van der Waals surface area contributed by atoms with E-state index >= 15 is 0 Å². The third-order valence-electron chi connectivity index (χ3n) is 2.08. The summed E-state index contributed by atoms with van der Waals surface area (Å²) in [6.07, 6.45) is 1.68. The summed E-state index contributed by atoms with van der Waals surface area (Å²) in [4.78, 5) is 0. The van der Waals surface area contributed by atoms with Crippen molar-refractivity contribution in [3.8, 4) is 0 Å². The fraction of sp³-hybridized carbons (Fsp3) is 0.400. The molecule has 2 N–H and O–H groups in total. The Morgan fingerprint density at radius 2 is 1.88 bits per heavy atom. The van der Waals surface area contributed by atoms with E-state index in [2.05, 4.69) is 0 Å². The number of sulfonamides is 1. The fourth-order valence-corrected chi connectivity index (χ4v) is 2.29. The summed E-state index contributed by atoms with van der Waals surface area (Å²) >= 11 is 0. The predicted molar refractivity (Wildman–Crippen MR) is 62.3 cm³/mol. The summed E-state index contributed by atoms with van der Waals surface area (Å²) in [6, 6.07) is 5.34. The maximum absolute atomic E-state index is 12.7. The lowest BCUT2D eigenvalue weighted by atomic mass is 10.3. The first-order chi connectivity index (χ1) is 7.45. The van der Waals surface area contributed by atoms with Gasteiger partial charge in [-0.15, -0.1) is 0 Å². The molecule has 0 amide bonds. The SMILES string of the molecule is CS(=O)(=O)N(CCCN)c1ccc(F)cc1. The normalized spacial score (nSPS) is 11.4. The van der Waals surface area contributed by atoms with Gasteiger partial charge in [-0.2, -0.15) is 0 Å². The zero-order valence-electron chi connectivity index (χ0n) is 9.06. The molecule has 0 aliphatic heterocycles. The standard InChI is InChI=1S/C10H15FN2O2S/c1-16(14,15)13(8-2-7-12)10-5-3-9(11)4-6-10/h3-6H,2,7-8,12H2,1H3. The van der Waals surface area contributed by atoms with Gasteiger partial charge in [-0.05, 0) is 37.2 Å². The highest BCUT2D eigenvalue weighted by molar-refractivity contribution is 7.92. The first-order valence-corrected chi connectivity index (χ1v) is 6.73. The maximum atomic E-state index is 12.7. The largest absolute Gasteiger partial charge is 0.330 e. The number of nitrogens with two attached hydrogens (primary N) is 1. The summed E-state index contributed by atoms with van der Waals surface area (Å²) in [7, 11) is -3.35. The monoisotopic (exact) mass is 246 g/mol. The Bertz CT molecular complexity index is 431. The van der Waals surface area contributed by atoms with Gasteiger partial charge in [-0.1, -0.05) is 0 Å². The molecule has 0 bridgehead atoms. The van der Waals surface area contributed by atoms with Crippen molar-refractivity contribution in [1.82, 2.24) is 0 Å². The lowest BCUT2D eigenvalue weighted by molar-refractivity contribution is 0.595. The van der Waals surface area contributed by atoms with E-state index in [1.54, 1.807) is 0 Å². The van der Waals surface area contributed by atoms with Crippen LogP contribution in [-0.2, 0) is 10.0 Å². The van der Waals surface area contributed by atoms with E-state index in [1.807, 2.05) is 0 Å². The van der Waals surface area contributed by atoms with Crippen LogP contribution in [0.5, 0.6) is 0 Å². The molecular formula is C10H15FN2O2S. The van der Waals surface area contributed by atoms with Crippen molar-refractivity contribution in [3.05, 3.63) is 30.1 Å². The van der Waals surface area contributed by atoms with Gasteiger partial charge in [0, 0.05) is 6.54 Å². The highest BCUT2D eigenvalue weighted by Crippen LogP contribution is 2.17. The van der Waals surface area contributed by atoms with Crippen molar-refractivity contribution in [1.29, 1.82) is 0 Å². The Kier molecular flexibility index (Phi) is 4.26. The number of halogens is 1. The van der Waals surface area contributed by atoms with Gasteiger partial charge in [-0.3, -0.25) is 4.31 Å².